The number of amides is 1. The van der Waals surface area contributed by atoms with Crippen molar-refractivity contribution in [1.29, 1.82) is 0 Å². The van der Waals surface area contributed by atoms with Gasteiger partial charge in [0.2, 0.25) is 5.91 Å². The number of nitrogens with one attached hydrogen (secondary N) is 1. The van der Waals surface area contributed by atoms with E-state index in [1.165, 1.54) is 23.5 Å². The molecule has 0 fully saturated rings. The minimum Gasteiger partial charge on any atom is -0.375 e. The molecule has 106 valence electrons. The normalized spacial score (nSPS) is 11.3. The molecule has 8 heteroatoms. The zero-order valence-electron chi connectivity index (χ0n) is 10.1. The summed E-state index contributed by atoms with van der Waals surface area (Å²) in [6.45, 7) is 0. The van der Waals surface area contributed by atoms with Crippen LogP contribution >= 0.6 is 11.3 Å². The maximum Gasteiger partial charge on any atom is 0.416 e. The molecule has 0 aliphatic rings. The van der Waals surface area contributed by atoms with Crippen molar-refractivity contribution in [3.05, 3.63) is 40.9 Å². The number of nitrogens with zero attached hydrogens (tertiary/aromatic N) is 1. The van der Waals surface area contributed by atoms with E-state index in [1.54, 1.807) is 5.38 Å². The van der Waals surface area contributed by atoms with Gasteiger partial charge >= 0.3 is 6.18 Å². The molecule has 3 N–H and O–H groups in total. The van der Waals surface area contributed by atoms with Crippen molar-refractivity contribution in [2.75, 3.05) is 11.1 Å². The molecule has 0 aliphatic heterocycles. The lowest BCUT2D eigenvalue weighted by Crippen LogP contribution is -2.15. The number of hydrogen-bond acceptors (Lipinski definition) is 4. The molecule has 0 aliphatic carbocycles. The van der Waals surface area contributed by atoms with Crippen LogP contribution in [0.5, 0.6) is 0 Å². The quantitative estimate of drug-likeness (QED) is 0.916. The second-order valence-electron chi connectivity index (χ2n) is 3.98. The molecule has 4 nitrogen and oxygen atoms in total. The molecule has 2 aromatic rings. The maximum atomic E-state index is 12.5. The number of nitrogen functional groups attached to an aromatic ring is 1. The van der Waals surface area contributed by atoms with Gasteiger partial charge in [-0.25, -0.2) is 4.98 Å². The Balaban J connectivity index is 2.04. The van der Waals surface area contributed by atoms with Gasteiger partial charge in [0.25, 0.3) is 0 Å². The van der Waals surface area contributed by atoms with Crippen LogP contribution in [-0.4, -0.2) is 10.9 Å². The van der Waals surface area contributed by atoms with Gasteiger partial charge in [-0.15, -0.1) is 11.3 Å². The Bertz CT molecular complexity index is 624. The van der Waals surface area contributed by atoms with Gasteiger partial charge in [-0.1, -0.05) is 6.07 Å². The summed E-state index contributed by atoms with van der Waals surface area (Å²) in [4.78, 5) is 15.6. The Kier molecular flexibility index (Phi) is 3.93. The summed E-state index contributed by atoms with van der Waals surface area (Å²) >= 11 is 1.20. The molecule has 1 aromatic heterocycles. The van der Waals surface area contributed by atoms with Crippen molar-refractivity contribution in [3.63, 3.8) is 0 Å². The van der Waals surface area contributed by atoms with E-state index in [1.807, 2.05) is 0 Å². The molecule has 1 aromatic carbocycles. The Hall–Kier alpha value is -2.09. The largest absolute Gasteiger partial charge is 0.416 e. The van der Waals surface area contributed by atoms with E-state index in [0.29, 0.717) is 10.8 Å². The number of carbonyl (C=O) groups is 1. The van der Waals surface area contributed by atoms with Crippen LogP contribution < -0.4 is 11.1 Å². The van der Waals surface area contributed by atoms with Crippen LogP contribution in [0.4, 0.5) is 24.0 Å². The number of benzene rings is 1. The zero-order valence-corrected chi connectivity index (χ0v) is 10.9. The molecule has 20 heavy (non-hydrogen) atoms. The van der Waals surface area contributed by atoms with Crippen molar-refractivity contribution < 1.29 is 18.0 Å². The van der Waals surface area contributed by atoms with Crippen LogP contribution in [0.1, 0.15) is 11.3 Å². The molecule has 0 atom stereocenters. The highest BCUT2D eigenvalue weighted by molar-refractivity contribution is 7.13. The molecule has 1 heterocycles. The highest BCUT2D eigenvalue weighted by atomic mass is 32.1. The van der Waals surface area contributed by atoms with Gasteiger partial charge in [-0.3, -0.25) is 4.79 Å². The van der Waals surface area contributed by atoms with Crippen LogP contribution in [0.15, 0.2) is 29.6 Å². The predicted octanol–water partition coefficient (Wildman–Crippen LogP) is 2.93. The molecule has 0 saturated carbocycles. The fraction of sp³-hybridized carbons (Fsp3) is 0.167. The number of aromatic nitrogens is 1. The smallest absolute Gasteiger partial charge is 0.375 e. The molecule has 0 bridgehead atoms. The summed E-state index contributed by atoms with van der Waals surface area (Å²) in [5.74, 6) is -0.449. The lowest BCUT2D eigenvalue weighted by atomic mass is 10.2. The van der Waals surface area contributed by atoms with E-state index >= 15 is 0 Å². The van der Waals surface area contributed by atoms with Crippen LogP contribution in [0.25, 0.3) is 0 Å². The van der Waals surface area contributed by atoms with E-state index in [9.17, 15) is 18.0 Å². The van der Waals surface area contributed by atoms with Gasteiger partial charge in [-0.05, 0) is 18.2 Å². The van der Waals surface area contributed by atoms with Gasteiger partial charge < -0.3 is 11.1 Å². The van der Waals surface area contributed by atoms with Crippen LogP contribution in [-0.2, 0) is 17.4 Å². The number of halogens is 3. The molecule has 2 rings (SSSR count). The first-order chi connectivity index (χ1) is 9.34. The third-order valence-electron chi connectivity index (χ3n) is 2.38. The molecule has 1 amide bonds. The molecule has 0 saturated heterocycles. The van der Waals surface area contributed by atoms with Crippen LogP contribution in [0.2, 0.25) is 0 Å². The SMILES string of the molecule is Nc1nc(CC(=O)Nc2cccc(C(F)(F)F)c2)cs1. The van der Waals surface area contributed by atoms with Crippen molar-refractivity contribution in [1.82, 2.24) is 4.98 Å². The van der Waals surface area contributed by atoms with Crippen molar-refractivity contribution in [2.45, 2.75) is 12.6 Å². The monoisotopic (exact) mass is 301 g/mol. The number of carbonyl (C=O) groups excluding carboxylic acids is 1. The fourth-order valence-corrected chi connectivity index (χ4v) is 2.11. The number of nitrogens with two attached hydrogens (primary N) is 1. The average molecular weight is 301 g/mol. The summed E-state index contributed by atoms with van der Waals surface area (Å²) in [6, 6.07) is 4.45. The number of rotatable bonds is 3. The standard InChI is InChI=1S/C12H10F3N3OS/c13-12(14,15)7-2-1-3-8(4-7)17-10(19)5-9-6-20-11(16)18-9/h1-4,6H,5H2,(H2,16,18)(H,17,19). The number of thiazole rings is 1. The maximum absolute atomic E-state index is 12.5. The second kappa shape index (κ2) is 5.49. The summed E-state index contributed by atoms with van der Waals surface area (Å²) < 4.78 is 37.6. The first-order valence-electron chi connectivity index (χ1n) is 5.51. The summed E-state index contributed by atoms with van der Waals surface area (Å²) in [5, 5.41) is 4.36. The van der Waals surface area contributed by atoms with Gasteiger partial charge in [0.1, 0.15) is 0 Å². The summed E-state index contributed by atoms with van der Waals surface area (Å²) in [7, 11) is 0. The first kappa shape index (κ1) is 14.3. The van der Waals surface area contributed by atoms with Gasteiger partial charge in [-0.2, -0.15) is 13.2 Å². The topological polar surface area (TPSA) is 68.0 Å². The zero-order chi connectivity index (χ0) is 14.8. The number of anilines is 2. The fourth-order valence-electron chi connectivity index (χ4n) is 1.55. The van der Waals surface area contributed by atoms with Gasteiger partial charge in [0.05, 0.1) is 17.7 Å². The minimum absolute atomic E-state index is 0.0378. The third-order valence-corrected chi connectivity index (χ3v) is 3.11. The van der Waals surface area contributed by atoms with E-state index in [4.69, 9.17) is 5.73 Å². The Morgan fingerprint density at radius 3 is 2.75 bits per heavy atom. The van der Waals surface area contributed by atoms with Crippen LogP contribution in [0, 0.1) is 0 Å². The third kappa shape index (κ3) is 3.70. The lowest BCUT2D eigenvalue weighted by Gasteiger charge is -2.09. The van der Waals surface area contributed by atoms with E-state index in [2.05, 4.69) is 10.3 Å². The minimum atomic E-state index is -4.44. The first-order valence-corrected chi connectivity index (χ1v) is 6.39. The average Bonchev–Trinajstić information content (AvgIpc) is 2.73. The molecule has 0 radical (unpaired) electrons. The van der Waals surface area contributed by atoms with E-state index in [-0.39, 0.29) is 12.1 Å². The van der Waals surface area contributed by atoms with Crippen molar-refractivity contribution in [3.8, 4) is 0 Å². The molecular weight excluding hydrogens is 291 g/mol. The summed E-state index contributed by atoms with van der Waals surface area (Å²) in [5.41, 5.74) is 5.19. The Labute approximate surface area is 116 Å². The van der Waals surface area contributed by atoms with Crippen molar-refractivity contribution in [2.24, 2.45) is 0 Å². The number of hydrogen-bond donors (Lipinski definition) is 2. The highest BCUT2D eigenvalue weighted by Gasteiger charge is 2.30. The van der Waals surface area contributed by atoms with Gasteiger partial charge in [0, 0.05) is 11.1 Å². The van der Waals surface area contributed by atoms with E-state index < -0.39 is 17.6 Å². The molecule has 0 spiro atoms. The van der Waals surface area contributed by atoms with Crippen molar-refractivity contribution >= 4 is 28.1 Å². The molecular formula is C12H10F3N3OS. The second-order valence-corrected chi connectivity index (χ2v) is 4.87. The highest BCUT2D eigenvalue weighted by Crippen LogP contribution is 2.30. The number of alkyl halides is 3. The summed E-state index contributed by atoms with van der Waals surface area (Å²) in [6.07, 6.45) is -4.48. The van der Waals surface area contributed by atoms with Crippen LogP contribution in [0.3, 0.4) is 0 Å². The molecule has 0 unspecified atom stereocenters. The Morgan fingerprint density at radius 1 is 1.40 bits per heavy atom. The predicted molar refractivity (Wildman–Crippen MR) is 70.3 cm³/mol. The van der Waals surface area contributed by atoms with Gasteiger partial charge in [0.15, 0.2) is 5.13 Å². The van der Waals surface area contributed by atoms with E-state index in [0.717, 1.165) is 12.1 Å². The lowest BCUT2D eigenvalue weighted by molar-refractivity contribution is -0.137. The Morgan fingerprint density at radius 2 is 2.15 bits per heavy atom.